The van der Waals surface area contributed by atoms with E-state index in [-0.39, 0.29) is 11.8 Å². The summed E-state index contributed by atoms with van der Waals surface area (Å²) in [6.45, 7) is 6.23. The van der Waals surface area contributed by atoms with Crippen molar-refractivity contribution >= 4 is 23.5 Å². The van der Waals surface area contributed by atoms with Gasteiger partial charge in [-0.2, -0.15) is 5.10 Å². The Morgan fingerprint density at radius 3 is 2.67 bits per heavy atom. The van der Waals surface area contributed by atoms with E-state index in [0.29, 0.717) is 57.5 Å². The van der Waals surface area contributed by atoms with Crippen molar-refractivity contribution < 1.29 is 24.2 Å². The quantitative estimate of drug-likeness (QED) is 0.217. The van der Waals surface area contributed by atoms with Crippen LogP contribution in [0.1, 0.15) is 64.7 Å². The largest absolute Gasteiger partial charge is 0.493 e. The summed E-state index contributed by atoms with van der Waals surface area (Å²) in [6.07, 6.45) is 7.86. The molecule has 1 saturated heterocycles. The fourth-order valence-corrected chi connectivity index (χ4v) is 6.59. The molecule has 0 radical (unpaired) electrons. The third kappa shape index (κ3) is 6.54. The predicted octanol–water partition coefficient (Wildman–Crippen LogP) is 6.04. The summed E-state index contributed by atoms with van der Waals surface area (Å²) in [5, 5.41) is 14.1. The fourth-order valence-electron chi connectivity index (χ4n) is 6.59. The SMILES string of the molecule is Cc1cccc(OCCCC(=O)N2CCCc3c(-c4cnn(Cc5cccc(C(=O)N6CCCC6C(=O)O)c5)c4)cccc32)c1C. The molecule has 9 heteroatoms. The zero-order valence-corrected chi connectivity index (χ0v) is 26.4. The molecule has 1 fully saturated rings. The lowest BCUT2D eigenvalue weighted by Crippen LogP contribution is -2.40. The molecule has 0 bridgehead atoms. The molecular formula is C37H40N4O5. The molecule has 1 unspecified atom stereocenters. The highest BCUT2D eigenvalue weighted by atomic mass is 16.5. The van der Waals surface area contributed by atoms with Crippen LogP contribution < -0.4 is 9.64 Å². The van der Waals surface area contributed by atoms with Crippen molar-refractivity contribution in [3.63, 3.8) is 0 Å². The number of carboxylic acid groups (broad SMARTS) is 1. The molecule has 1 aromatic heterocycles. The number of hydrogen-bond donors (Lipinski definition) is 1. The van der Waals surface area contributed by atoms with Gasteiger partial charge in [-0.25, -0.2) is 4.79 Å². The molecule has 0 saturated carbocycles. The number of carbonyl (C=O) groups is 3. The molecule has 6 rings (SSSR count). The van der Waals surface area contributed by atoms with Gasteiger partial charge in [0.25, 0.3) is 5.91 Å². The van der Waals surface area contributed by atoms with Crippen molar-refractivity contribution in [2.45, 2.75) is 65.0 Å². The average molecular weight is 621 g/mol. The van der Waals surface area contributed by atoms with Gasteiger partial charge in [0.2, 0.25) is 5.91 Å². The molecule has 2 aliphatic heterocycles. The minimum atomic E-state index is -0.958. The number of rotatable bonds is 10. The van der Waals surface area contributed by atoms with Crippen molar-refractivity contribution in [3.8, 4) is 16.9 Å². The van der Waals surface area contributed by atoms with E-state index in [9.17, 15) is 19.5 Å². The first-order valence-electron chi connectivity index (χ1n) is 16.1. The van der Waals surface area contributed by atoms with Crippen molar-refractivity contribution in [3.05, 3.63) is 101 Å². The number of amides is 2. The number of nitrogens with zero attached hydrogens (tertiary/aromatic N) is 4. The third-order valence-electron chi connectivity index (χ3n) is 9.16. The van der Waals surface area contributed by atoms with Crippen molar-refractivity contribution in [2.75, 3.05) is 24.6 Å². The molecule has 3 heterocycles. The van der Waals surface area contributed by atoms with Gasteiger partial charge in [-0.05, 0) is 98.0 Å². The number of carbonyl (C=O) groups excluding carboxylic acids is 2. The van der Waals surface area contributed by atoms with Gasteiger partial charge in [-0.15, -0.1) is 0 Å². The molecule has 9 nitrogen and oxygen atoms in total. The van der Waals surface area contributed by atoms with Crippen molar-refractivity contribution in [1.29, 1.82) is 0 Å². The first kappa shape index (κ1) is 31.1. The second-order valence-corrected chi connectivity index (χ2v) is 12.2. The maximum atomic E-state index is 13.4. The summed E-state index contributed by atoms with van der Waals surface area (Å²) in [7, 11) is 0. The van der Waals surface area contributed by atoms with E-state index in [1.54, 1.807) is 6.07 Å². The standard InChI is InChI=1S/C37H40N4O5/c1-25-9-3-16-34(26(25)2)46-20-8-17-35(42)40-18-6-13-31-30(12-5-14-32(31)40)29-22-38-39(24-29)23-27-10-4-11-28(21-27)36(43)41-19-7-15-33(41)37(44)45/h3-5,9-12,14,16,21-22,24,33H,6-8,13,15,17-20,23H2,1-2H3,(H,44,45). The van der Waals surface area contributed by atoms with Gasteiger partial charge in [0.05, 0.1) is 19.3 Å². The first-order chi connectivity index (χ1) is 22.3. The number of likely N-dealkylation sites (tertiary alicyclic amines) is 1. The van der Waals surface area contributed by atoms with E-state index in [0.717, 1.165) is 52.1 Å². The summed E-state index contributed by atoms with van der Waals surface area (Å²) < 4.78 is 7.82. The van der Waals surface area contributed by atoms with E-state index >= 15 is 0 Å². The van der Waals surface area contributed by atoms with Crippen LogP contribution in [0.3, 0.4) is 0 Å². The van der Waals surface area contributed by atoms with Gasteiger partial charge in [0, 0.05) is 42.5 Å². The number of anilines is 1. The summed E-state index contributed by atoms with van der Waals surface area (Å²) in [5.74, 6) is -0.230. The lowest BCUT2D eigenvalue weighted by Gasteiger charge is -2.31. The van der Waals surface area contributed by atoms with E-state index in [4.69, 9.17) is 4.74 Å². The maximum Gasteiger partial charge on any atom is 0.326 e. The Morgan fingerprint density at radius 1 is 1.00 bits per heavy atom. The maximum absolute atomic E-state index is 13.4. The van der Waals surface area contributed by atoms with Crippen LogP contribution in [0.4, 0.5) is 5.69 Å². The molecule has 2 amide bonds. The molecule has 0 spiro atoms. The van der Waals surface area contributed by atoms with Gasteiger partial charge in [0.15, 0.2) is 0 Å². The molecule has 3 aromatic carbocycles. The Hall–Kier alpha value is -4.92. The number of benzene rings is 3. The molecule has 1 atom stereocenters. The monoisotopic (exact) mass is 620 g/mol. The highest BCUT2D eigenvalue weighted by molar-refractivity contribution is 5.97. The molecular weight excluding hydrogens is 580 g/mol. The summed E-state index contributed by atoms with van der Waals surface area (Å²) >= 11 is 0. The van der Waals surface area contributed by atoms with Crippen LogP contribution in [0.15, 0.2) is 73.1 Å². The van der Waals surface area contributed by atoms with E-state index in [1.165, 1.54) is 10.5 Å². The fraction of sp³-hybridized carbons (Fsp3) is 0.351. The van der Waals surface area contributed by atoms with Crippen LogP contribution in [0, 0.1) is 13.8 Å². The van der Waals surface area contributed by atoms with Crippen LogP contribution in [-0.2, 0) is 22.6 Å². The number of aromatic nitrogens is 2. The molecule has 1 N–H and O–H groups in total. The molecule has 4 aromatic rings. The van der Waals surface area contributed by atoms with E-state index in [2.05, 4.69) is 31.1 Å². The highest BCUT2D eigenvalue weighted by Crippen LogP contribution is 2.36. The van der Waals surface area contributed by atoms with Gasteiger partial charge < -0.3 is 19.6 Å². The molecule has 238 valence electrons. The van der Waals surface area contributed by atoms with Crippen LogP contribution in [0.5, 0.6) is 5.75 Å². The van der Waals surface area contributed by atoms with Crippen LogP contribution >= 0.6 is 0 Å². The van der Waals surface area contributed by atoms with Crippen LogP contribution in [0.25, 0.3) is 11.1 Å². The van der Waals surface area contributed by atoms with E-state index < -0.39 is 12.0 Å². The zero-order valence-electron chi connectivity index (χ0n) is 26.4. The summed E-state index contributed by atoms with van der Waals surface area (Å²) in [5.41, 5.74) is 7.86. The van der Waals surface area contributed by atoms with Crippen LogP contribution in [0.2, 0.25) is 0 Å². The molecule has 0 aliphatic carbocycles. The van der Waals surface area contributed by atoms with E-state index in [1.807, 2.05) is 64.4 Å². The first-order valence-corrected chi connectivity index (χ1v) is 16.1. The Bertz CT molecular complexity index is 1760. The molecule has 46 heavy (non-hydrogen) atoms. The predicted molar refractivity (Wildman–Crippen MR) is 176 cm³/mol. The van der Waals surface area contributed by atoms with Gasteiger partial charge in [0.1, 0.15) is 11.8 Å². The topological polar surface area (TPSA) is 105 Å². The lowest BCUT2D eigenvalue weighted by atomic mass is 9.93. The number of fused-ring (bicyclic) bond motifs is 1. The van der Waals surface area contributed by atoms with Crippen molar-refractivity contribution in [1.82, 2.24) is 14.7 Å². The Kier molecular flexibility index (Phi) is 9.19. The Labute approximate surface area is 269 Å². The number of carboxylic acids is 1. The normalized spacial score (nSPS) is 15.9. The average Bonchev–Trinajstić information content (AvgIpc) is 3.75. The second kappa shape index (κ2) is 13.6. The zero-order chi connectivity index (χ0) is 32.2. The lowest BCUT2D eigenvalue weighted by molar-refractivity contribution is -0.141. The van der Waals surface area contributed by atoms with Crippen LogP contribution in [-0.4, -0.2) is 63.3 Å². The second-order valence-electron chi connectivity index (χ2n) is 12.2. The highest BCUT2D eigenvalue weighted by Gasteiger charge is 2.34. The Balaban J connectivity index is 1.11. The van der Waals surface area contributed by atoms with Gasteiger partial charge in [-0.3, -0.25) is 14.3 Å². The van der Waals surface area contributed by atoms with Crippen molar-refractivity contribution in [2.24, 2.45) is 0 Å². The summed E-state index contributed by atoms with van der Waals surface area (Å²) in [6, 6.07) is 18.7. The number of ether oxygens (including phenoxy) is 1. The minimum absolute atomic E-state index is 0.108. The summed E-state index contributed by atoms with van der Waals surface area (Å²) in [4.78, 5) is 41.5. The number of aliphatic carboxylic acids is 1. The number of aryl methyl sites for hydroxylation is 1. The number of hydrogen-bond acceptors (Lipinski definition) is 5. The Morgan fingerprint density at radius 2 is 1.83 bits per heavy atom. The molecule has 2 aliphatic rings. The minimum Gasteiger partial charge on any atom is -0.493 e. The third-order valence-corrected chi connectivity index (χ3v) is 9.16. The van der Waals surface area contributed by atoms with Gasteiger partial charge >= 0.3 is 5.97 Å². The smallest absolute Gasteiger partial charge is 0.326 e. The van der Waals surface area contributed by atoms with Gasteiger partial charge in [-0.1, -0.05) is 36.4 Å².